The number of aromatic nitrogens is 2. The van der Waals surface area contributed by atoms with Crippen molar-refractivity contribution in [3.05, 3.63) is 74.1 Å². The molecule has 0 saturated carbocycles. The summed E-state index contributed by atoms with van der Waals surface area (Å²) in [6, 6.07) is 4.85. The van der Waals surface area contributed by atoms with Gasteiger partial charge in [-0.25, -0.2) is 4.98 Å². The lowest BCUT2D eigenvalue weighted by atomic mass is 9.77. The van der Waals surface area contributed by atoms with Crippen LogP contribution in [0.25, 0.3) is 22.3 Å². The molecular weight excluding hydrogens is 1060 g/mol. The number of carbonyl (C=O) groups excluding carboxylic acids is 7. The van der Waals surface area contributed by atoms with E-state index in [1.54, 1.807) is 24.5 Å². The van der Waals surface area contributed by atoms with Gasteiger partial charge in [-0.1, -0.05) is 26.8 Å². The molecule has 4 heterocycles. The van der Waals surface area contributed by atoms with Crippen molar-refractivity contribution in [1.29, 1.82) is 0 Å². The molecule has 0 spiro atoms. The summed E-state index contributed by atoms with van der Waals surface area (Å²) in [5.74, 6) is -2.72. The number of hydrogen-bond acceptors (Lipinski definition) is 18. The lowest BCUT2D eigenvalue weighted by molar-refractivity contribution is -0.140. The van der Waals surface area contributed by atoms with E-state index < -0.39 is 29.4 Å². The van der Waals surface area contributed by atoms with E-state index in [0.29, 0.717) is 141 Å². The zero-order valence-corrected chi connectivity index (χ0v) is 47.9. The maximum absolute atomic E-state index is 13.9. The van der Waals surface area contributed by atoms with Gasteiger partial charge in [0.2, 0.25) is 11.8 Å². The van der Waals surface area contributed by atoms with E-state index in [2.05, 4.69) is 10.6 Å². The fourth-order valence-corrected chi connectivity index (χ4v) is 10.7. The van der Waals surface area contributed by atoms with Crippen molar-refractivity contribution in [2.75, 3.05) is 119 Å². The van der Waals surface area contributed by atoms with Gasteiger partial charge in [-0.2, -0.15) is 0 Å². The Hall–Kier alpha value is -5.95. The molecule has 3 atom stereocenters. The average molecular weight is 1140 g/mol. The maximum atomic E-state index is 13.9. The van der Waals surface area contributed by atoms with Crippen LogP contribution in [-0.2, 0) is 109 Å². The quantitative estimate of drug-likeness (QED) is 0.0428. The van der Waals surface area contributed by atoms with Crippen LogP contribution in [0.3, 0.4) is 0 Å². The molecule has 7 rings (SSSR count). The van der Waals surface area contributed by atoms with Crippen LogP contribution >= 0.6 is 0 Å². The van der Waals surface area contributed by atoms with E-state index in [-0.39, 0.29) is 92.3 Å². The molecule has 22 nitrogen and oxygen atoms in total. The van der Waals surface area contributed by atoms with Crippen LogP contribution in [0.2, 0.25) is 0 Å². The molecule has 0 radical (unpaired) electrons. The zero-order valence-electron chi connectivity index (χ0n) is 47.9. The Bertz CT molecular complexity index is 2830. The van der Waals surface area contributed by atoms with Gasteiger partial charge in [0, 0.05) is 85.3 Å². The summed E-state index contributed by atoms with van der Waals surface area (Å²) < 4.78 is 45.8. The minimum atomic E-state index is -1.70. The molecule has 0 saturated heterocycles. The first-order chi connectivity index (χ1) is 39.6. The van der Waals surface area contributed by atoms with Gasteiger partial charge in [0.1, 0.15) is 11.4 Å². The smallest absolute Gasteiger partial charge is 0.254 e. The molecule has 0 bridgehead atoms. The third kappa shape index (κ3) is 16.9. The summed E-state index contributed by atoms with van der Waals surface area (Å²) >= 11 is 0. The van der Waals surface area contributed by atoms with E-state index in [1.807, 2.05) is 26.0 Å². The van der Waals surface area contributed by atoms with Crippen LogP contribution < -0.4 is 16.2 Å². The first kappa shape index (κ1) is 63.6. The second kappa shape index (κ2) is 31.6. The lowest BCUT2D eigenvalue weighted by Gasteiger charge is -2.32. The summed E-state index contributed by atoms with van der Waals surface area (Å²) in [6.07, 6.45) is 5.69. The second-order valence-electron chi connectivity index (χ2n) is 21.2. The van der Waals surface area contributed by atoms with E-state index in [0.717, 1.165) is 57.3 Å². The molecule has 1 aromatic carbocycles. The number of rotatable bonds is 39. The Morgan fingerprint density at radius 2 is 1.24 bits per heavy atom. The predicted octanol–water partition coefficient (Wildman–Crippen LogP) is 2.83. The molecule has 448 valence electrons. The summed E-state index contributed by atoms with van der Waals surface area (Å²) in [5, 5.41) is 18.0. The van der Waals surface area contributed by atoms with Crippen molar-refractivity contribution in [1.82, 2.24) is 25.1 Å². The molecule has 4 amide bonds. The number of ether oxygens (including phenoxy) is 8. The molecular formula is C60H81N5O17. The fourth-order valence-electron chi connectivity index (χ4n) is 10.7. The van der Waals surface area contributed by atoms with Crippen LogP contribution in [0.1, 0.15) is 99.6 Å². The third-order valence-electron chi connectivity index (χ3n) is 15.4. The largest absolute Gasteiger partial charge is 0.379 e. The highest BCUT2D eigenvalue weighted by Gasteiger charge is 2.43. The van der Waals surface area contributed by atoms with Crippen LogP contribution in [0.5, 0.6) is 0 Å². The van der Waals surface area contributed by atoms with Gasteiger partial charge in [-0.3, -0.25) is 43.3 Å². The van der Waals surface area contributed by atoms with Crippen LogP contribution in [-0.4, -0.2) is 185 Å². The molecule has 2 aromatic heterocycles. The van der Waals surface area contributed by atoms with Gasteiger partial charge in [0.05, 0.1) is 135 Å². The predicted molar refractivity (Wildman–Crippen MR) is 299 cm³/mol. The minimum Gasteiger partial charge on any atom is -0.379 e. The SMILES string of the molecule is CC[C@@]1(O)C(=O)CCc2c1cc1n(c2=O)Cc2c-1nc1ccc(CC(=O)[C@H](C)NC(=O)[C@@H](CC(=O)CCOCCOCCOCCOCCOCCOCCOCCOCCNC(=O)CCN3C(=O)C=CC3=O)C(C)C)c3c1c2CCC3. The number of ketones is 3. The van der Waals surface area contributed by atoms with Crippen molar-refractivity contribution in [2.24, 2.45) is 11.8 Å². The number of hydrogen-bond donors (Lipinski definition) is 3. The highest BCUT2D eigenvalue weighted by molar-refractivity contribution is 6.13. The molecule has 4 aliphatic rings. The van der Waals surface area contributed by atoms with Crippen molar-refractivity contribution >= 4 is 51.9 Å². The zero-order chi connectivity index (χ0) is 58.6. The summed E-state index contributed by atoms with van der Waals surface area (Å²) in [4.78, 5) is 108. The van der Waals surface area contributed by atoms with E-state index in [9.17, 15) is 43.5 Å². The number of nitrogens with one attached hydrogen (secondary N) is 2. The van der Waals surface area contributed by atoms with E-state index >= 15 is 0 Å². The van der Waals surface area contributed by atoms with Crippen LogP contribution in [0, 0.1) is 11.8 Å². The number of benzene rings is 1. The van der Waals surface area contributed by atoms with Crippen molar-refractivity contribution < 1.29 is 76.6 Å². The second-order valence-corrected chi connectivity index (χ2v) is 21.2. The van der Waals surface area contributed by atoms with Crippen LogP contribution in [0.15, 0.2) is 35.1 Å². The fraction of sp³-hybridized carbons (Fsp3) is 0.617. The first-order valence-electron chi connectivity index (χ1n) is 28.9. The first-order valence-corrected chi connectivity index (χ1v) is 28.9. The maximum Gasteiger partial charge on any atom is 0.254 e. The molecule has 0 unspecified atom stereocenters. The van der Waals surface area contributed by atoms with Crippen molar-refractivity contribution in [3.63, 3.8) is 0 Å². The van der Waals surface area contributed by atoms with Gasteiger partial charge in [-0.05, 0) is 73.8 Å². The van der Waals surface area contributed by atoms with Gasteiger partial charge in [0.25, 0.3) is 17.4 Å². The van der Waals surface area contributed by atoms with Gasteiger partial charge < -0.3 is 58.2 Å². The van der Waals surface area contributed by atoms with E-state index in [1.165, 1.54) is 12.2 Å². The Balaban J connectivity index is 0.676. The number of aliphatic hydroxyl groups is 1. The summed E-state index contributed by atoms with van der Waals surface area (Å²) in [6.45, 7) is 13.8. The molecule has 0 fully saturated rings. The van der Waals surface area contributed by atoms with Crippen molar-refractivity contribution in [3.8, 4) is 11.4 Å². The number of amides is 4. The number of nitrogens with zero attached hydrogens (tertiary/aromatic N) is 3. The topological polar surface area (TPSA) is 276 Å². The summed E-state index contributed by atoms with van der Waals surface area (Å²) in [5.41, 5.74) is 5.05. The monoisotopic (exact) mass is 1140 g/mol. The minimum absolute atomic E-state index is 0.0296. The van der Waals surface area contributed by atoms with Gasteiger partial charge >= 0.3 is 0 Å². The highest BCUT2D eigenvalue weighted by Crippen LogP contribution is 2.43. The number of imide groups is 1. The van der Waals surface area contributed by atoms with Gasteiger partial charge in [0.15, 0.2) is 11.6 Å². The Morgan fingerprint density at radius 3 is 1.82 bits per heavy atom. The van der Waals surface area contributed by atoms with Crippen molar-refractivity contribution in [2.45, 2.75) is 110 Å². The molecule has 3 N–H and O–H groups in total. The third-order valence-corrected chi connectivity index (χ3v) is 15.4. The Morgan fingerprint density at radius 1 is 0.683 bits per heavy atom. The normalized spacial score (nSPS) is 16.9. The Labute approximate surface area is 478 Å². The molecule has 3 aromatic rings. The standard InChI is InChI=1S/C60H81N5O17/c1-5-60(74)48-37-50-57-47(38-65(50)59(73)45(48)10-12-52(60)68)44-8-6-7-43-41(9-11-49(63-57)56(43)44)35-51(67)40(4)62-58(72)46(39(2)3)36-42(66)16-19-75-21-23-77-25-27-79-29-31-81-33-34-82-32-30-80-28-26-78-24-22-76-20-17-61-53(69)15-18-64-54(70)13-14-55(64)71/h9,11,13-14,37,39-40,46,74H,5-8,10,12,15-36,38H2,1-4H3,(H,61,69)(H,62,72)/t40-,46-,60-/m0/s1. The molecule has 2 aliphatic heterocycles. The van der Waals surface area contributed by atoms with Crippen LogP contribution in [0.4, 0.5) is 0 Å². The molecule has 22 heteroatoms. The average Bonchev–Trinajstić information content (AvgIpc) is 1.91. The summed E-state index contributed by atoms with van der Waals surface area (Å²) in [7, 11) is 0. The number of aryl methyl sites for hydroxylation is 2. The number of Topliss-reactive ketones (excluding diaryl/α,β-unsaturated/α-hetero) is 3. The number of carbonyl (C=O) groups is 7. The number of pyridine rings is 2. The molecule has 82 heavy (non-hydrogen) atoms. The number of fused-ring (bicyclic) bond motifs is 5. The van der Waals surface area contributed by atoms with E-state index in [4.69, 9.17) is 42.9 Å². The molecule has 2 aliphatic carbocycles. The highest BCUT2D eigenvalue weighted by atomic mass is 16.6. The Kier molecular flexibility index (Phi) is 24.5. The lowest BCUT2D eigenvalue weighted by Crippen LogP contribution is -2.44. The van der Waals surface area contributed by atoms with Gasteiger partial charge in [-0.15, -0.1) is 0 Å².